The Bertz CT molecular complexity index is 419. The van der Waals surface area contributed by atoms with E-state index in [0.29, 0.717) is 6.54 Å². The molecule has 6 heteroatoms. The molecule has 0 aliphatic rings. The lowest BCUT2D eigenvalue weighted by Gasteiger charge is -2.00. The van der Waals surface area contributed by atoms with Crippen molar-refractivity contribution in [2.45, 2.75) is 6.54 Å². The first-order valence-electron chi connectivity index (χ1n) is 4.16. The van der Waals surface area contributed by atoms with Crippen LogP contribution in [0.25, 0.3) is 0 Å². The van der Waals surface area contributed by atoms with E-state index < -0.39 is 0 Å². The zero-order chi connectivity index (χ0) is 9.97. The Morgan fingerprint density at radius 1 is 1.57 bits per heavy atom. The van der Waals surface area contributed by atoms with Crippen molar-refractivity contribution in [3.8, 4) is 0 Å². The van der Waals surface area contributed by atoms with E-state index in [1.54, 1.807) is 17.1 Å². The first kappa shape index (κ1) is 9.26. The molecule has 0 amide bonds. The van der Waals surface area contributed by atoms with Crippen molar-refractivity contribution in [1.82, 2.24) is 20.0 Å². The fourth-order valence-electron chi connectivity index (χ4n) is 1.13. The van der Waals surface area contributed by atoms with Crippen LogP contribution in [0.3, 0.4) is 0 Å². The third-order valence-electron chi connectivity index (χ3n) is 1.84. The number of aryl methyl sites for hydroxylation is 1. The average molecular weight is 256 g/mol. The maximum absolute atomic E-state index is 4.06. The van der Waals surface area contributed by atoms with Crippen LogP contribution < -0.4 is 5.32 Å². The van der Waals surface area contributed by atoms with Crippen LogP contribution in [0.2, 0.25) is 0 Å². The number of nitrogens with zero attached hydrogens (tertiary/aromatic N) is 3. The van der Waals surface area contributed by atoms with Gasteiger partial charge in [0.1, 0.15) is 0 Å². The van der Waals surface area contributed by atoms with Crippen molar-refractivity contribution >= 4 is 21.6 Å². The molecule has 2 N–H and O–H groups in total. The molecule has 74 valence electrons. The first-order chi connectivity index (χ1) is 6.75. The number of aromatic nitrogens is 4. The second-order valence-electron chi connectivity index (χ2n) is 2.95. The highest BCUT2D eigenvalue weighted by Crippen LogP contribution is 2.14. The van der Waals surface area contributed by atoms with Gasteiger partial charge in [-0.1, -0.05) is 0 Å². The van der Waals surface area contributed by atoms with Crippen LogP contribution in [-0.4, -0.2) is 20.0 Å². The molecule has 0 unspecified atom stereocenters. The van der Waals surface area contributed by atoms with E-state index in [1.165, 1.54) is 0 Å². The number of nitrogens with one attached hydrogen (secondary N) is 2. The summed E-state index contributed by atoms with van der Waals surface area (Å²) in [7, 11) is 1.89. The minimum Gasteiger partial charge on any atom is -0.377 e. The van der Waals surface area contributed by atoms with Crippen LogP contribution >= 0.6 is 15.9 Å². The van der Waals surface area contributed by atoms with Crippen LogP contribution in [0, 0.1) is 0 Å². The molecule has 0 saturated heterocycles. The number of hydrogen-bond donors (Lipinski definition) is 2. The molecule has 2 heterocycles. The second kappa shape index (κ2) is 3.83. The van der Waals surface area contributed by atoms with Gasteiger partial charge in [-0.3, -0.25) is 9.78 Å². The molecule has 0 radical (unpaired) electrons. The van der Waals surface area contributed by atoms with E-state index >= 15 is 0 Å². The van der Waals surface area contributed by atoms with Crippen molar-refractivity contribution < 1.29 is 0 Å². The summed E-state index contributed by atoms with van der Waals surface area (Å²) in [5.74, 6) is 0. The van der Waals surface area contributed by atoms with Gasteiger partial charge in [0.15, 0.2) is 0 Å². The van der Waals surface area contributed by atoms with Crippen LogP contribution in [-0.2, 0) is 13.6 Å². The lowest BCUT2D eigenvalue weighted by Crippen LogP contribution is -1.99. The molecule has 2 aromatic heterocycles. The predicted molar refractivity (Wildman–Crippen MR) is 56.8 cm³/mol. The monoisotopic (exact) mass is 255 g/mol. The maximum atomic E-state index is 4.06. The molecule has 2 rings (SSSR count). The number of aromatic amines is 1. The summed E-state index contributed by atoms with van der Waals surface area (Å²) in [5, 5.41) is 14.1. The lowest BCUT2D eigenvalue weighted by molar-refractivity contribution is 0.768. The van der Waals surface area contributed by atoms with E-state index in [4.69, 9.17) is 0 Å². The fourth-order valence-corrected chi connectivity index (χ4v) is 1.46. The second-order valence-corrected chi connectivity index (χ2v) is 3.81. The zero-order valence-electron chi connectivity index (χ0n) is 7.66. The molecule has 0 atom stereocenters. The number of H-pyrrole nitrogens is 1. The number of hydrogen-bond acceptors (Lipinski definition) is 3. The summed E-state index contributed by atoms with van der Waals surface area (Å²) in [6.45, 7) is 0.701. The highest BCUT2D eigenvalue weighted by molar-refractivity contribution is 9.10. The number of rotatable bonds is 3. The molecule has 0 bridgehead atoms. The third-order valence-corrected chi connectivity index (χ3v) is 2.52. The Balaban J connectivity index is 1.98. The molecule has 0 aliphatic heterocycles. The molecule has 0 fully saturated rings. The summed E-state index contributed by atoms with van der Waals surface area (Å²) >= 11 is 3.39. The Morgan fingerprint density at radius 2 is 2.43 bits per heavy atom. The van der Waals surface area contributed by atoms with Gasteiger partial charge in [-0.15, -0.1) is 0 Å². The minimum absolute atomic E-state index is 0.701. The van der Waals surface area contributed by atoms with Crippen molar-refractivity contribution in [3.63, 3.8) is 0 Å². The molecule has 2 aromatic rings. The van der Waals surface area contributed by atoms with E-state index in [-0.39, 0.29) is 0 Å². The van der Waals surface area contributed by atoms with E-state index in [0.717, 1.165) is 15.9 Å². The van der Waals surface area contributed by atoms with Gasteiger partial charge in [-0.05, 0) is 15.9 Å². The minimum atomic E-state index is 0.701. The largest absolute Gasteiger partial charge is 0.377 e. The Hall–Kier alpha value is -1.30. The van der Waals surface area contributed by atoms with Crippen LogP contribution in [0.15, 0.2) is 23.1 Å². The Kier molecular flexibility index (Phi) is 2.53. The quantitative estimate of drug-likeness (QED) is 0.875. The topological polar surface area (TPSA) is 58.5 Å². The molecule has 0 saturated carbocycles. The molecule has 0 aromatic carbocycles. The fraction of sp³-hybridized carbons (Fsp3) is 0.250. The van der Waals surface area contributed by atoms with Gasteiger partial charge in [0.05, 0.1) is 34.8 Å². The van der Waals surface area contributed by atoms with Crippen molar-refractivity contribution in [2.75, 3.05) is 5.32 Å². The number of anilines is 1. The van der Waals surface area contributed by atoms with Crippen LogP contribution in [0.1, 0.15) is 5.69 Å². The summed E-state index contributed by atoms with van der Waals surface area (Å²) in [6, 6.07) is 0. The van der Waals surface area contributed by atoms with E-state index in [9.17, 15) is 0 Å². The van der Waals surface area contributed by atoms with Crippen molar-refractivity contribution in [1.29, 1.82) is 0 Å². The van der Waals surface area contributed by atoms with Gasteiger partial charge >= 0.3 is 0 Å². The van der Waals surface area contributed by atoms with Crippen molar-refractivity contribution in [3.05, 3.63) is 28.8 Å². The third kappa shape index (κ3) is 1.95. The summed E-state index contributed by atoms with van der Waals surface area (Å²) < 4.78 is 2.73. The van der Waals surface area contributed by atoms with Gasteiger partial charge in [0.2, 0.25) is 0 Å². The lowest BCUT2D eigenvalue weighted by atomic mass is 10.4. The summed E-state index contributed by atoms with van der Waals surface area (Å²) in [5.41, 5.74) is 2.02. The van der Waals surface area contributed by atoms with Crippen LogP contribution in [0.5, 0.6) is 0 Å². The Morgan fingerprint density at radius 3 is 3.00 bits per heavy atom. The normalized spacial score (nSPS) is 10.4. The molecule has 0 aliphatic carbocycles. The van der Waals surface area contributed by atoms with Gasteiger partial charge in [-0.25, -0.2) is 0 Å². The van der Waals surface area contributed by atoms with Gasteiger partial charge in [0, 0.05) is 13.2 Å². The van der Waals surface area contributed by atoms with Gasteiger partial charge in [0.25, 0.3) is 0 Å². The van der Waals surface area contributed by atoms with Gasteiger partial charge < -0.3 is 5.32 Å². The molecular weight excluding hydrogens is 246 g/mol. The van der Waals surface area contributed by atoms with E-state index in [2.05, 4.69) is 36.5 Å². The summed E-state index contributed by atoms with van der Waals surface area (Å²) in [6.07, 6.45) is 5.44. The first-order valence-corrected chi connectivity index (χ1v) is 4.95. The molecule has 14 heavy (non-hydrogen) atoms. The molecular formula is C8H10BrN5. The smallest absolute Gasteiger partial charge is 0.0729 e. The predicted octanol–water partition coefficient (Wildman–Crippen LogP) is 1.52. The molecule has 5 nitrogen and oxygen atoms in total. The SMILES string of the molecule is Cn1cc(NCc2[nH]ncc2Br)cn1. The zero-order valence-corrected chi connectivity index (χ0v) is 9.24. The maximum Gasteiger partial charge on any atom is 0.0729 e. The van der Waals surface area contributed by atoms with E-state index in [1.807, 2.05) is 13.2 Å². The highest BCUT2D eigenvalue weighted by Gasteiger charge is 2.01. The Labute approximate surface area is 89.6 Å². The highest BCUT2D eigenvalue weighted by atomic mass is 79.9. The summed E-state index contributed by atoms with van der Waals surface area (Å²) in [4.78, 5) is 0. The standard InChI is InChI=1S/C8H10BrN5/c1-14-5-6(2-12-14)10-4-8-7(9)3-11-13-8/h2-3,5,10H,4H2,1H3,(H,11,13). The number of halogens is 1. The van der Waals surface area contributed by atoms with Crippen LogP contribution in [0.4, 0.5) is 5.69 Å². The van der Waals surface area contributed by atoms with Gasteiger partial charge in [-0.2, -0.15) is 10.2 Å². The average Bonchev–Trinajstić information content (AvgIpc) is 2.72. The van der Waals surface area contributed by atoms with Crippen molar-refractivity contribution in [2.24, 2.45) is 7.05 Å². The molecule has 0 spiro atoms.